The van der Waals surface area contributed by atoms with Gasteiger partial charge >= 0.3 is 5.97 Å². The van der Waals surface area contributed by atoms with E-state index in [-0.39, 0.29) is 11.1 Å². The van der Waals surface area contributed by atoms with Crippen LogP contribution in [0, 0.1) is 0 Å². The molecule has 0 aromatic carbocycles. The van der Waals surface area contributed by atoms with Crippen molar-refractivity contribution in [2.24, 2.45) is 0 Å². The number of nitrogens with one attached hydrogen (secondary N) is 2. The number of rotatable bonds is 4. The number of H-pyrrole nitrogens is 1. The third-order valence-corrected chi connectivity index (χ3v) is 4.06. The average Bonchev–Trinajstić information content (AvgIpc) is 3.23. The van der Waals surface area contributed by atoms with Crippen molar-refractivity contribution in [1.29, 1.82) is 0 Å². The predicted octanol–water partition coefficient (Wildman–Crippen LogP) is 3.23. The molecule has 3 heterocycles. The molecule has 0 saturated carbocycles. The SMILES string of the molecule is COC(=O)c1cc(-c2csc(NC(=O)c3ccnc(Cl)c3)n2)c[nH]1. The van der Waals surface area contributed by atoms with Crippen LogP contribution in [0.25, 0.3) is 11.3 Å². The number of pyridine rings is 1. The van der Waals surface area contributed by atoms with Gasteiger partial charge in [0.05, 0.1) is 12.8 Å². The van der Waals surface area contributed by atoms with Crippen LogP contribution in [0.15, 0.2) is 36.0 Å². The molecule has 0 radical (unpaired) electrons. The molecular weight excluding hydrogens is 352 g/mol. The molecule has 9 heteroatoms. The molecule has 0 saturated heterocycles. The minimum absolute atomic E-state index is 0.241. The first-order valence-electron chi connectivity index (χ1n) is 6.72. The van der Waals surface area contributed by atoms with Gasteiger partial charge in [0.25, 0.3) is 5.91 Å². The van der Waals surface area contributed by atoms with Gasteiger partial charge in [0, 0.05) is 28.9 Å². The molecule has 2 N–H and O–H groups in total. The summed E-state index contributed by atoms with van der Waals surface area (Å²) in [6.45, 7) is 0. The highest BCUT2D eigenvalue weighted by Crippen LogP contribution is 2.26. The molecule has 0 atom stereocenters. The Morgan fingerprint density at radius 3 is 2.96 bits per heavy atom. The summed E-state index contributed by atoms with van der Waals surface area (Å²) in [5.74, 6) is -0.788. The summed E-state index contributed by atoms with van der Waals surface area (Å²) in [4.78, 5) is 34.6. The van der Waals surface area contributed by atoms with Crippen LogP contribution >= 0.6 is 22.9 Å². The molecule has 0 aliphatic carbocycles. The van der Waals surface area contributed by atoms with Crippen LogP contribution in [-0.4, -0.2) is 33.9 Å². The first-order valence-corrected chi connectivity index (χ1v) is 7.98. The normalized spacial score (nSPS) is 10.4. The van der Waals surface area contributed by atoms with Crippen LogP contribution in [-0.2, 0) is 4.74 Å². The highest BCUT2D eigenvalue weighted by molar-refractivity contribution is 7.14. The third kappa shape index (κ3) is 3.44. The highest BCUT2D eigenvalue weighted by atomic mass is 35.5. The van der Waals surface area contributed by atoms with Crippen molar-refractivity contribution in [2.75, 3.05) is 12.4 Å². The van der Waals surface area contributed by atoms with Crippen molar-refractivity contribution in [3.8, 4) is 11.3 Å². The number of thiazole rings is 1. The number of esters is 1. The van der Waals surface area contributed by atoms with Crippen molar-refractivity contribution in [1.82, 2.24) is 15.0 Å². The van der Waals surface area contributed by atoms with E-state index in [1.54, 1.807) is 23.7 Å². The molecule has 0 aliphatic heterocycles. The van der Waals surface area contributed by atoms with E-state index in [2.05, 4.69) is 25.0 Å². The minimum Gasteiger partial charge on any atom is -0.464 e. The largest absolute Gasteiger partial charge is 0.464 e. The Kier molecular flexibility index (Phi) is 4.59. The maximum Gasteiger partial charge on any atom is 0.354 e. The molecule has 3 aromatic rings. The van der Waals surface area contributed by atoms with Crippen molar-refractivity contribution >= 4 is 39.9 Å². The standard InChI is InChI=1S/C15H11ClN4O3S/c1-23-14(22)10-4-9(6-18-10)11-7-24-15(19-11)20-13(21)8-2-3-17-12(16)5-8/h2-7,18H,1H3,(H,19,20,21). The van der Waals surface area contributed by atoms with Gasteiger partial charge in [-0.25, -0.2) is 14.8 Å². The van der Waals surface area contributed by atoms with Crippen molar-refractivity contribution < 1.29 is 14.3 Å². The summed E-state index contributed by atoms with van der Waals surface area (Å²) >= 11 is 7.04. The zero-order chi connectivity index (χ0) is 17.1. The Morgan fingerprint density at radius 2 is 2.21 bits per heavy atom. The molecule has 3 aromatic heterocycles. The molecule has 122 valence electrons. The fourth-order valence-electron chi connectivity index (χ4n) is 1.95. The number of hydrogen-bond donors (Lipinski definition) is 2. The maximum atomic E-state index is 12.1. The number of carbonyl (C=O) groups excluding carboxylic acids is 2. The average molecular weight is 363 g/mol. The number of aromatic nitrogens is 3. The van der Waals surface area contributed by atoms with E-state index in [9.17, 15) is 9.59 Å². The topological polar surface area (TPSA) is 97.0 Å². The van der Waals surface area contributed by atoms with Crippen LogP contribution in [0.2, 0.25) is 5.15 Å². The molecule has 0 aliphatic rings. The van der Waals surface area contributed by atoms with Gasteiger partial charge in [-0.3, -0.25) is 10.1 Å². The van der Waals surface area contributed by atoms with Gasteiger partial charge in [-0.05, 0) is 18.2 Å². The third-order valence-electron chi connectivity index (χ3n) is 3.10. The molecule has 0 bridgehead atoms. The van der Waals surface area contributed by atoms with E-state index in [4.69, 9.17) is 11.6 Å². The number of anilines is 1. The highest BCUT2D eigenvalue weighted by Gasteiger charge is 2.13. The van der Waals surface area contributed by atoms with Crippen molar-refractivity contribution in [3.05, 3.63) is 52.4 Å². The van der Waals surface area contributed by atoms with Crippen molar-refractivity contribution in [3.63, 3.8) is 0 Å². The summed E-state index contributed by atoms with van der Waals surface area (Å²) in [6, 6.07) is 4.67. The van der Waals surface area contributed by atoms with Crippen LogP contribution in [0.4, 0.5) is 5.13 Å². The molecule has 3 rings (SSSR count). The molecule has 7 nitrogen and oxygen atoms in total. The van der Waals surface area contributed by atoms with Gasteiger partial charge in [0.1, 0.15) is 10.8 Å². The summed E-state index contributed by atoms with van der Waals surface area (Å²) in [5, 5.41) is 5.15. The lowest BCUT2D eigenvalue weighted by Gasteiger charge is -2.01. The fourth-order valence-corrected chi connectivity index (χ4v) is 2.84. The lowest BCUT2D eigenvalue weighted by atomic mass is 10.2. The monoisotopic (exact) mass is 362 g/mol. The quantitative estimate of drug-likeness (QED) is 0.548. The number of nitrogens with zero attached hydrogens (tertiary/aromatic N) is 2. The first-order chi connectivity index (χ1) is 11.6. The number of aromatic amines is 1. The number of hydrogen-bond acceptors (Lipinski definition) is 6. The Bertz CT molecular complexity index is 906. The summed E-state index contributed by atoms with van der Waals surface area (Å²) in [6.07, 6.45) is 3.11. The second-order valence-electron chi connectivity index (χ2n) is 4.65. The van der Waals surface area contributed by atoms with Crippen LogP contribution in [0.1, 0.15) is 20.8 Å². The van der Waals surface area contributed by atoms with Gasteiger partial charge in [-0.15, -0.1) is 11.3 Å². The number of amides is 1. The summed E-state index contributed by atoms with van der Waals surface area (Å²) in [5.41, 5.74) is 2.08. The van der Waals surface area contributed by atoms with E-state index >= 15 is 0 Å². The van der Waals surface area contributed by atoms with Gasteiger partial charge in [0.2, 0.25) is 0 Å². The van der Waals surface area contributed by atoms with E-state index < -0.39 is 5.97 Å². The Hall–Kier alpha value is -2.71. The number of ether oxygens (including phenoxy) is 1. The lowest BCUT2D eigenvalue weighted by Crippen LogP contribution is -2.11. The number of carbonyl (C=O) groups is 2. The van der Waals surface area contributed by atoms with Crippen molar-refractivity contribution in [2.45, 2.75) is 0 Å². The zero-order valence-corrected chi connectivity index (χ0v) is 13.9. The van der Waals surface area contributed by atoms with Crippen LogP contribution in [0.3, 0.4) is 0 Å². The number of methoxy groups -OCH3 is 1. The van der Waals surface area contributed by atoms with Gasteiger partial charge in [-0.2, -0.15) is 0 Å². The van der Waals surface area contributed by atoms with Crippen LogP contribution in [0.5, 0.6) is 0 Å². The van der Waals surface area contributed by atoms with E-state index in [0.29, 0.717) is 22.1 Å². The molecule has 0 fully saturated rings. The predicted molar refractivity (Wildman–Crippen MR) is 90.4 cm³/mol. The van der Waals surface area contributed by atoms with Gasteiger partial charge in [-0.1, -0.05) is 11.6 Å². The van der Waals surface area contributed by atoms with E-state index in [1.165, 1.54) is 30.7 Å². The fraction of sp³-hybridized carbons (Fsp3) is 0.0667. The Labute approximate surface area is 145 Å². The van der Waals surface area contributed by atoms with E-state index in [1.807, 2.05) is 0 Å². The molecule has 24 heavy (non-hydrogen) atoms. The molecule has 0 spiro atoms. The maximum absolute atomic E-state index is 12.1. The van der Waals surface area contributed by atoms with Gasteiger partial charge in [0.15, 0.2) is 5.13 Å². The van der Waals surface area contributed by atoms with Crippen LogP contribution < -0.4 is 5.32 Å². The molecular formula is C15H11ClN4O3S. The number of halogens is 1. The Morgan fingerprint density at radius 1 is 1.38 bits per heavy atom. The van der Waals surface area contributed by atoms with Gasteiger partial charge < -0.3 is 9.72 Å². The second kappa shape index (κ2) is 6.81. The minimum atomic E-state index is -0.459. The first kappa shape index (κ1) is 16.2. The molecule has 0 unspecified atom stereocenters. The van der Waals surface area contributed by atoms with E-state index in [0.717, 1.165) is 5.56 Å². The zero-order valence-electron chi connectivity index (χ0n) is 12.4. The summed E-state index contributed by atoms with van der Waals surface area (Å²) in [7, 11) is 1.31. The smallest absolute Gasteiger partial charge is 0.354 e. The summed E-state index contributed by atoms with van der Waals surface area (Å²) < 4.78 is 4.64. The second-order valence-corrected chi connectivity index (χ2v) is 5.90. The Balaban J connectivity index is 1.75. The molecule has 1 amide bonds. The lowest BCUT2D eigenvalue weighted by molar-refractivity contribution is 0.0594.